The van der Waals surface area contributed by atoms with E-state index in [9.17, 15) is 9.90 Å². The van der Waals surface area contributed by atoms with Crippen molar-refractivity contribution in [2.75, 3.05) is 0 Å². The van der Waals surface area contributed by atoms with Crippen LogP contribution in [0.4, 0.5) is 0 Å². The molecule has 0 saturated heterocycles. The van der Waals surface area contributed by atoms with Crippen molar-refractivity contribution in [3.63, 3.8) is 0 Å². The monoisotopic (exact) mass is 335 g/mol. The van der Waals surface area contributed by atoms with E-state index >= 15 is 0 Å². The van der Waals surface area contributed by atoms with Gasteiger partial charge in [0.15, 0.2) is 0 Å². The van der Waals surface area contributed by atoms with Crippen molar-refractivity contribution >= 4 is 21.9 Å². The Bertz CT molecular complexity index is 524. The van der Waals surface area contributed by atoms with Crippen LogP contribution in [-0.4, -0.2) is 5.97 Å². The molecular weight excluding hydrogens is 318 g/mol. The van der Waals surface area contributed by atoms with Crippen molar-refractivity contribution in [3.05, 3.63) is 70.2 Å². The second-order valence-corrected chi connectivity index (χ2v) is 5.40. The Hall–Kier alpha value is -1.65. The van der Waals surface area contributed by atoms with Gasteiger partial charge in [0.2, 0.25) is 0 Å². The van der Waals surface area contributed by atoms with E-state index in [4.69, 9.17) is 0 Å². The van der Waals surface area contributed by atoms with E-state index in [-0.39, 0.29) is 6.42 Å². The topological polar surface area (TPSA) is 67.8 Å². The average Bonchev–Trinajstić information content (AvgIpc) is 2.43. The minimum absolute atomic E-state index is 0.0206. The maximum Gasteiger partial charge on any atom is 0.107 e. The summed E-state index contributed by atoms with van der Waals surface area (Å²) in [7, 11) is 0. The number of aliphatic carboxylic acids is 1. The quantitative estimate of drug-likeness (QED) is 0.928. The van der Waals surface area contributed by atoms with Gasteiger partial charge in [0, 0.05) is 22.4 Å². The lowest BCUT2D eigenvalue weighted by Crippen LogP contribution is -2.51. The summed E-state index contributed by atoms with van der Waals surface area (Å²) >= 11 is 3.25. The van der Waals surface area contributed by atoms with Crippen LogP contribution in [0, 0.1) is 0 Å². The number of rotatable bonds is 3. The van der Waals surface area contributed by atoms with Crippen molar-refractivity contribution in [3.8, 4) is 0 Å². The molecule has 3 N–H and O–H groups in total. The van der Waals surface area contributed by atoms with Gasteiger partial charge >= 0.3 is 0 Å². The Balaban J connectivity index is 0.000000204. The van der Waals surface area contributed by atoms with Gasteiger partial charge in [-0.1, -0.05) is 58.4 Å². The highest BCUT2D eigenvalue weighted by Crippen LogP contribution is 2.10. The van der Waals surface area contributed by atoms with Crippen LogP contribution in [0.2, 0.25) is 0 Å². The molecule has 20 heavy (non-hydrogen) atoms. The highest BCUT2D eigenvalue weighted by atomic mass is 79.9. The Morgan fingerprint density at radius 2 is 1.70 bits per heavy atom. The molecule has 0 radical (unpaired) electrons. The second-order valence-electron chi connectivity index (χ2n) is 4.49. The molecule has 0 aliphatic rings. The van der Waals surface area contributed by atoms with E-state index in [1.807, 2.05) is 18.2 Å². The minimum Gasteiger partial charge on any atom is -0.550 e. The number of carbonyl (C=O) groups excluding carboxylic acids is 1. The number of halogens is 1. The maximum absolute atomic E-state index is 10.1. The molecule has 4 heteroatoms. The highest BCUT2D eigenvalue weighted by molar-refractivity contribution is 9.10. The molecule has 0 aliphatic heterocycles. The van der Waals surface area contributed by atoms with Crippen LogP contribution in [0.1, 0.15) is 24.1 Å². The van der Waals surface area contributed by atoms with Gasteiger partial charge in [0.05, 0.1) is 0 Å². The normalized spacial score (nSPS) is 11.2. The molecule has 3 nitrogen and oxygen atoms in total. The predicted octanol–water partition coefficient (Wildman–Crippen LogP) is 1.73. The first-order valence-corrected chi connectivity index (χ1v) is 7.10. The third-order valence-electron chi connectivity index (χ3n) is 2.63. The molecule has 0 saturated carbocycles. The molecule has 0 aliphatic carbocycles. The van der Waals surface area contributed by atoms with Crippen LogP contribution in [-0.2, 0) is 11.2 Å². The number of carboxylic acids is 1. The van der Waals surface area contributed by atoms with Crippen molar-refractivity contribution in [1.82, 2.24) is 0 Å². The van der Waals surface area contributed by atoms with E-state index in [1.165, 1.54) is 5.56 Å². The molecular formula is C16H18BrNO2. The van der Waals surface area contributed by atoms with Gasteiger partial charge in [-0.05, 0) is 24.6 Å². The fourth-order valence-corrected chi connectivity index (χ4v) is 1.81. The van der Waals surface area contributed by atoms with E-state index in [0.717, 1.165) is 10.0 Å². The zero-order chi connectivity index (χ0) is 15.0. The molecule has 0 unspecified atom stereocenters. The van der Waals surface area contributed by atoms with Gasteiger partial charge in [-0.15, -0.1) is 0 Å². The van der Waals surface area contributed by atoms with Gasteiger partial charge < -0.3 is 15.6 Å². The van der Waals surface area contributed by atoms with E-state index in [2.05, 4.69) is 40.7 Å². The summed E-state index contributed by atoms with van der Waals surface area (Å²) in [6.07, 6.45) is -0.0206. The zero-order valence-corrected chi connectivity index (χ0v) is 13.0. The SMILES string of the molecule is C[C@H]([NH3+])c1ccccc1.O=C([O-])Cc1ccc(Br)cc1. The number of hydrogen-bond acceptors (Lipinski definition) is 2. The third-order valence-corrected chi connectivity index (χ3v) is 3.16. The standard InChI is InChI=1S/C8H7BrO2.C8H11N/c9-7-3-1-6(2-4-7)5-8(10)11;1-7(9)8-5-3-2-4-6-8/h1-4H,5H2,(H,10,11);2-7H,9H2,1H3/t;7-/m.0/s1. The molecule has 106 valence electrons. The van der Waals surface area contributed by atoms with Gasteiger partial charge in [-0.2, -0.15) is 0 Å². The first kappa shape index (κ1) is 16.4. The van der Waals surface area contributed by atoms with Gasteiger partial charge in [0.25, 0.3) is 0 Å². The van der Waals surface area contributed by atoms with Crippen LogP contribution >= 0.6 is 15.9 Å². The number of hydrogen-bond donors (Lipinski definition) is 1. The van der Waals surface area contributed by atoms with Gasteiger partial charge in [0.1, 0.15) is 6.04 Å². The fraction of sp³-hybridized carbons (Fsp3) is 0.188. The lowest BCUT2D eigenvalue weighted by Gasteiger charge is -2.01. The number of carbonyl (C=O) groups is 1. The lowest BCUT2D eigenvalue weighted by molar-refractivity contribution is -0.420. The Labute approximate surface area is 127 Å². The number of carboxylic acid groups (broad SMARTS) is 1. The zero-order valence-electron chi connectivity index (χ0n) is 11.4. The largest absolute Gasteiger partial charge is 0.550 e. The summed E-state index contributed by atoms with van der Waals surface area (Å²) in [5.74, 6) is -1.05. The summed E-state index contributed by atoms with van der Waals surface area (Å²) in [4.78, 5) is 10.1. The van der Waals surface area contributed by atoms with Crippen molar-refractivity contribution in [1.29, 1.82) is 0 Å². The van der Waals surface area contributed by atoms with Crippen LogP contribution in [0.3, 0.4) is 0 Å². The van der Waals surface area contributed by atoms with E-state index in [0.29, 0.717) is 6.04 Å². The van der Waals surface area contributed by atoms with Crippen LogP contribution in [0.5, 0.6) is 0 Å². The van der Waals surface area contributed by atoms with E-state index in [1.54, 1.807) is 24.3 Å². The molecule has 0 amide bonds. The summed E-state index contributed by atoms with van der Waals surface area (Å²) in [5, 5.41) is 10.1. The van der Waals surface area contributed by atoms with Gasteiger partial charge in [-0.3, -0.25) is 0 Å². The predicted molar refractivity (Wildman–Crippen MR) is 80.6 cm³/mol. The van der Waals surface area contributed by atoms with Crippen LogP contribution in [0.25, 0.3) is 0 Å². The molecule has 0 heterocycles. The molecule has 2 aromatic carbocycles. The summed E-state index contributed by atoms with van der Waals surface area (Å²) in [5.41, 5.74) is 5.97. The Morgan fingerprint density at radius 1 is 1.15 bits per heavy atom. The first-order valence-electron chi connectivity index (χ1n) is 6.31. The maximum atomic E-state index is 10.1. The number of benzene rings is 2. The summed E-state index contributed by atoms with van der Waals surface area (Å²) < 4.78 is 0.944. The first-order chi connectivity index (χ1) is 9.49. The minimum atomic E-state index is -1.05. The average molecular weight is 336 g/mol. The molecule has 2 aromatic rings. The lowest BCUT2D eigenvalue weighted by atomic mass is 10.1. The van der Waals surface area contributed by atoms with Crippen molar-refractivity contribution < 1.29 is 15.6 Å². The molecule has 0 fully saturated rings. The molecule has 0 spiro atoms. The van der Waals surface area contributed by atoms with E-state index < -0.39 is 5.97 Å². The van der Waals surface area contributed by atoms with Crippen LogP contribution in [0.15, 0.2) is 59.1 Å². The highest BCUT2D eigenvalue weighted by Gasteiger charge is 1.97. The van der Waals surface area contributed by atoms with Crippen LogP contribution < -0.4 is 10.8 Å². The fourth-order valence-electron chi connectivity index (χ4n) is 1.55. The van der Waals surface area contributed by atoms with Crippen molar-refractivity contribution in [2.45, 2.75) is 19.4 Å². The van der Waals surface area contributed by atoms with Crippen molar-refractivity contribution in [2.24, 2.45) is 0 Å². The molecule has 2 rings (SSSR count). The summed E-state index contributed by atoms with van der Waals surface area (Å²) in [6.45, 7) is 2.09. The Morgan fingerprint density at radius 3 is 2.10 bits per heavy atom. The molecule has 0 bridgehead atoms. The second kappa shape index (κ2) is 8.51. The van der Waals surface area contributed by atoms with Gasteiger partial charge in [-0.25, -0.2) is 0 Å². The third kappa shape index (κ3) is 6.50. The molecule has 0 aromatic heterocycles. The summed E-state index contributed by atoms with van der Waals surface area (Å²) in [6, 6.07) is 17.8. The number of quaternary nitrogens is 1. The molecule has 1 atom stereocenters. The smallest absolute Gasteiger partial charge is 0.107 e. The Kier molecular flexibility index (Phi) is 6.98.